The number of esters is 2. The molecule has 0 aromatic rings. The summed E-state index contributed by atoms with van der Waals surface area (Å²) in [6.07, 6.45) is 1.81. The predicted molar refractivity (Wildman–Crippen MR) is 112 cm³/mol. The summed E-state index contributed by atoms with van der Waals surface area (Å²) >= 11 is 1.41. The number of hydrogen-bond acceptors (Lipinski definition) is 8. The molecule has 2 saturated carbocycles. The van der Waals surface area contributed by atoms with E-state index >= 15 is 0 Å². The summed E-state index contributed by atoms with van der Waals surface area (Å²) in [5.41, 5.74) is 4.36. The van der Waals surface area contributed by atoms with Crippen molar-refractivity contribution in [2.24, 2.45) is 28.9 Å². The van der Waals surface area contributed by atoms with Crippen molar-refractivity contribution in [3.8, 4) is 0 Å². The SMILES string of the molecule is COC(=O)[C@H](CS[C@H]1C2C(=O)O[C@@H]3CC[C@](C)(C[C@@H]1C)[C@]23O)NC(=O)[C@@H](N)C(C)C. The molecule has 2 aliphatic carbocycles. The summed E-state index contributed by atoms with van der Waals surface area (Å²) < 4.78 is 10.4. The number of carbonyl (C=O) groups is 3. The van der Waals surface area contributed by atoms with E-state index in [2.05, 4.69) is 12.2 Å². The predicted octanol–water partition coefficient (Wildman–Crippen LogP) is 0.842. The van der Waals surface area contributed by atoms with Gasteiger partial charge in [-0.25, -0.2) is 4.79 Å². The highest BCUT2D eigenvalue weighted by atomic mass is 32.2. The van der Waals surface area contributed by atoms with Gasteiger partial charge >= 0.3 is 11.9 Å². The Kier molecular flexibility index (Phi) is 6.47. The number of thioether (sulfide) groups is 1. The Morgan fingerprint density at radius 2 is 2.10 bits per heavy atom. The van der Waals surface area contributed by atoms with Gasteiger partial charge in [-0.3, -0.25) is 9.59 Å². The number of nitrogens with one attached hydrogen (secondary N) is 1. The monoisotopic (exact) mass is 442 g/mol. The normalized spacial score (nSPS) is 39.3. The molecule has 0 aromatic carbocycles. The van der Waals surface area contributed by atoms with Crippen molar-refractivity contribution in [3.63, 3.8) is 0 Å². The minimum atomic E-state index is -1.18. The lowest BCUT2D eigenvalue weighted by atomic mass is 9.58. The lowest BCUT2D eigenvalue weighted by Crippen LogP contribution is -2.60. The molecular weight excluding hydrogens is 408 g/mol. The van der Waals surface area contributed by atoms with E-state index in [1.807, 2.05) is 20.8 Å². The first-order valence-corrected chi connectivity index (χ1v) is 11.7. The molecule has 0 aromatic heterocycles. The molecule has 0 radical (unpaired) electrons. The molecule has 3 aliphatic rings. The van der Waals surface area contributed by atoms with E-state index in [0.717, 1.165) is 12.8 Å². The lowest BCUT2D eigenvalue weighted by Gasteiger charge is -2.51. The van der Waals surface area contributed by atoms with Crippen LogP contribution in [0.4, 0.5) is 0 Å². The molecule has 3 fully saturated rings. The average Bonchev–Trinajstić information content (AvgIpc) is 3.09. The zero-order valence-corrected chi connectivity index (χ0v) is 19.2. The first-order valence-electron chi connectivity index (χ1n) is 10.6. The number of rotatable bonds is 7. The summed E-state index contributed by atoms with van der Waals surface area (Å²) in [6, 6.07) is -1.62. The smallest absolute Gasteiger partial charge is 0.329 e. The van der Waals surface area contributed by atoms with Crippen LogP contribution in [0.25, 0.3) is 0 Å². The fourth-order valence-electron chi connectivity index (χ4n) is 5.53. The summed E-state index contributed by atoms with van der Waals surface area (Å²) in [5.74, 6) is -1.70. The van der Waals surface area contributed by atoms with Gasteiger partial charge < -0.3 is 25.6 Å². The Morgan fingerprint density at radius 1 is 1.43 bits per heavy atom. The fourth-order valence-corrected chi connectivity index (χ4v) is 7.10. The molecule has 30 heavy (non-hydrogen) atoms. The summed E-state index contributed by atoms with van der Waals surface area (Å²) in [5, 5.41) is 14.1. The van der Waals surface area contributed by atoms with Crippen LogP contribution in [0.5, 0.6) is 0 Å². The number of ether oxygens (including phenoxy) is 2. The van der Waals surface area contributed by atoms with E-state index < -0.39 is 41.6 Å². The molecule has 9 heteroatoms. The van der Waals surface area contributed by atoms with Crippen molar-refractivity contribution >= 4 is 29.6 Å². The van der Waals surface area contributed by atoms with Crippen molar-refractivity contribution in [3.05, 3.63) is 0 Å². The van der Waals surface area contributed by atoms with Crippen LogP contribution in [-0.2, 0) is 23.9 Å². The Hall–Kier alpha value is -1.32. The third-order valence-corrected chi connectivity index (χ3v) is 8.99. The third kappa shape index (κ3) is 3.62. The van der Waals surface area contributed by atoms with Crippen molar-refractivity contribution in [1.29, 1.82) is 0 Å². The molecule has 1 heterocycles. The number of amides is 1. The number of hydrogen-bond donors (Lipinski definition) is 3. The quantitative estimate of drug-likeness (QED) is 0.495. The number of carbonyl (C=O) groups excluding carboxylic acids is 3. The first kappa shape index (κ1) is 23.3. The molecule has 8 nitrogen and oxygen atoms in total. The van der Waals surface area contributed by atoms with Crippen LogP contribution in [0.15, 0.2) is 0 Å². The maximum absolute atomic E-state index is 12.7. The highest BCUT2D eigenvalue weighted by Crippen LogP contribution is 2.64. The number of methoxy groups -OCH3 is 1. The van der Waals surface area contributed by atoms with Crippen molar-refractivity contribution in [1.82, 2.24) is 5.32 Å². The van der Waals surface area contributed by atoms with Gasteiger partial charge in [0.2, 0.25) is 5.91 Å². The summed E-state index contributed by atoms with van der Waals surface area (Å²) in [6.45, 7) is 7.78. The Balaban J connectivity index is 1.76. The molecule has 1 amide bonds. The van der Waals surface area contributed by atoms with Crippen molar-refractivity contribution in [2.45, 2.75) is 76.0 Å². The minimum absolute atomic E-state index is 0.0752. The van der Waals surface area contributed by atoms with Gasteiger partial charge in [-0.15, -0.1) is 0 Å². The third-order valence-electron chi connectivity index (χ3n) is 7.34. The van der Waals surface area contributed by atoms with Crippen LogP contribution >= 0.6 is 11.8 Å². The van der Waals surface area contributed by atoms with Gasteiger partial charge in [-0.05, 0) is 31.1 Å². The largest absolute Gasteiger partial charge is 0.467 e. The van der Waals surface area contributed by atoms with Gasteiger partial charge in [0.1, 0.15) is 23.7 Å². The van der Waals surface area contributed by atoms with Crippen LogP contribution in [0.2, 0.25) is 0 Å². The second-order valence-corrected chi connectivity index (χ2v) is 10.9. The standard InChI is InChI=1S/C21H34N2O6S/c1-10(2)15(22)17(24)23-12(18(25)28-5)9-30-16-11(3)8-20(4)7-6-13-21(20,27)14(16)19(26)29-13/h10-16,27H,6-9,22H2,1-5H3,(H,23,24)/t11-,12-,13+,14?,15-,16+,20+,21+/m0/s1. The second-order valence-electron chi connectivity index (χ2n) is 9.66. The molecule has 1 saturated heterocycles. The van der Waals surface area contributed by atoms with Crippen LogP contribution in [0, 0.1) is 23.2 Å². The molecule has 8 atom stereocenters. The molecule has 0 bridgehead atoms. The van der Waals surface area contributed by atoms with E-state index in [1.165, 1.54) is 18.9 Å². The Bertz CT molecular complexity index is 718. The zero-order chi connectivity index (χ0) is 22.4. The van der Waals surface area contributed by atoms with Gasteiger partial charge in [0, 0.05) is 16.4 Å². The van der Waals surface area contributed by atoms with Gasteiger partial charge in [-0.1, -0.05) is 27.7 Å². The molecule has 1 unspecified atom stereocenters. The van der Waals surface area contributed by atoms with Crippen LogP contribution in [0.1, 0.15) is 47.0 Å². The van der Waals surface area contributed by atoms with Crippen molar-refractivity contribution < 1.29 is 29.0 Å². The highest BCUT2D eigenvalue weighted by Gasteiger charge is 2.73. The first-order chi connectivity index (χ1) is 14.0. The second kappa shape index (κ2) is 8.31. The molecular formula is C21H34N2O6S. The topological polar surface area (TPSA) is 128 Å². The zero-order valence-electron chi connectivity index (χ0n) is 18.3. The van der Waals surface area contributed by atoms with Crippen molar-refractivity contribution in [2.75, 3.05) is 12.9 Å². The van der Waals surface area contributed by atoms with Gasteiger partial charge in [0.25, 0.3) is 0 Å². The molecule has 0 spiro atoms. The van der Waals surface area contributed by atoms with E-state index in [9.17, 15) is 19.5 Å². The van der Waals surface area contributed by atoms with Crippen LogP contribution in [0.3, 0.4) is 0 Å². The van der Waals surface area contributed by atoms with E-state index in [0.29, 0.717) is 6.42 Å². The van der Waals surface area contributed by atoms with E-state index in [1.54, 1.807) is 0 Å². The number of aliphatic hydroxyl groups is 1. The molecule has 3 rings (SSSR count). The number of nitrogens with two attached hydrogens (primary N) is 1. The average molecular weight is 443 g/mol. The maximum Gasteiger partial charge on any atom is 0.329 e. The molecule has 1 aliphatic heterocycles. The minimum Gasteiger partial charge on any atom is -0.467 e. The van der Waals surface area contributed by atoms with Gasteiger partial charge in [0.15, 0.2) is 0 Å². The molecule has 4 N–H and O–H groups in total. The maximum atomic E-state index is 12.7. The lowest BCUT2D eigenvalue weighted by molar-refractivity contribution is -0.147. The molecule has 170 valence electrons. The van der Waals surface area contributed by atoms with Gasteiger partial charge in [0.05, 0.1) is 13.2 Å². The highest BCUT2D eigenvalue weighted by molar-refractivity contribution is 8.00. The Labute approximate surface area is 182 Å². The van der Waals surface area contributed by atoms with E-state index in [-0.39, 0.29) is 34.2 Å². The van der Waals surface area contributed by atoms with Gasteiger partial charge in [-0.2, -0.15) is 11.8 Å². The Morgan fingerprint density at radius 3 is 2.70 bits per heavy atom. The van der Waals surface area contributed by atoms with Crippen LogP contribution in [-0.4, -0.2) is 64.9 Å². The van der Waals surface area contributed by atoms with E-state index in [4.69, 9.17) is 15.2 Å². The fraction of sp³-hybridized carbons (Fsp3) is 0.857. The van der Waals surface area contributed by atoms with Crippen LogP contribution < -0.4 is 11.1 Å². The summed E-state index contributed by atoms with van der Waals surface area (Å²) in [4.78, 5) is 37.4. The summed E-state index contributed by atoms with van der Waals surface area (Å²) in [7, 11) is 1.27.